The molecule has 1 N–H and O–H groups in total. The van der Waals surface area contributed by atoms with Crippen molar-refractivity contribution in [3.8, 4) is 0 Å². The molecular formula is C29H34O5. The molecule has 0 aromatic heterocycles. The van der Waals surface area contributed by atoms with E-state index in [1.807, 2.05) is 24.3 Å². The van der Waals surface area contributed by atoms with Crippen LogP contribution in [-0.4, -0.2) is 29.4 Å². The van der Waals surface area contributed by atoms with E-state index >= 15 is 0 Å². The minimum absolute atomic E-state index is 0.140. The van der Waals surface area contributed by atoms with Crippen LogP contribution in [0.4, 0.5) is 0 Å². The van der Waals surface area contributed by atoms with Gasteiger partial charge in [0.25, 0.3) is 0 Å². The summed E-state index contributed by atoms with van der Waals surface area (Å²) in [5.74, 6) is -1.58. The summed E-state index contributed by atoms with van der Waals surface area (Å²) in [5.41, 5.74) is 2.26. The molecule has 34 heavy (non-hydrogen) atoms. The van der Waals surface area contributed by atoms with Crippen LogP contribution in [0.1, 0.15) is 90.1 Å². The summed E-state index contributed by atoms with van der Waals surface area (Å²) in [6.07, 6.45) is 15.9. The summed E-state index contributed by atoms with van der Waals surface area (Å²) >= 11 is 0. The second-order valence-corrected chi connectivity index (χ2v) is 8.22. The van der Waals surface area contributed by atoms with E-state index in [1.54, 1.807) is 12.2 Å². The van der Waals surface area contributed by atoms with E-state index in [1.165, 1.54) is 74.9 Å². The Labute approximate surface area is 202 Å². The fourth-order valence-corrected chi connectivity index (χ4v) is 3.38. The van der Waals surface area contributed by atoms with E-state index < -0.39 is 5.97 Å². The van der Waals surface area contributed by atoms with Gasteiger partial charge in [0.2, 0.25) is 0 Å². The van der Waals surface area contributed by atoms with Crippen molar-refractivity contribution in [3.63, 3.8) is 0 Å². The number of aromatic carboxylic acids is 1. The number of ketones is 1. The number of carboxylic acid groups (broad SMARTS) is 1. The fourth-order valence-electron chi connectivity index (χ4n) is 3.38. The first-order valence-corrected chi connectivity index (χ1v) is 12.0. The first-order chi connectivity index (χ1) is 16.5. The number of hydrogen-bond donors (Lipinski definition) is 1. The zero-order chi connectivity index (χ0) is 24.6. The van der Waals surface area contributed by atoms with E-state index in [-0.39, 0.29) is 17.3 Å². The monoisotopic (exact) mass is 462 g/mol. The number of ether oxygens (including phenoxy) is 1. The Hall–Kier alpha value is -3.47. The summed E-state index contributed by atoms with van der Waals surface area (Å²) in [6, 6.07) is 13.2. The van der Waals surface area contributed by atoms with Gasteiger partial charge >= 0.3 is 11.9 Å². The third-order valence-electron chi connectivity index (χ3n) is 5.43. The molecular weight excluding hydrogens is 428 g/mol. The van der Waals surface area contributed by atoms with E-state index in [2.05, 4.69) is 6.92 Å². The van der Waals surface area contributed by atoms with Gasteiger partial charge in [-0.3, -0.25) is 4.79 Å². The van der Waals surface area contributed by atoms with Gasteiger partial charge < -0.3 is 9.84 Å². The standard InChI is InChI=1S/C29H34O5/c1-2-3-4-5-6-7-8-9-22-34-28(31)21-15-24-12-10-23(11-13-24)14-20-27(30)25-16-18-26(19-17-25)29(32)33/h10-21H,2-9,22H2,1H3,(H,32,33)/b20-14+,21-15?. The van der Waals surface area contributed by atoms with Crippen molar-refractivity contribution in [2.24, 2.45) is 0 Å². The largest absolute Gasteiger partial charge is 0.478 e. The van der Waals surface area contributed by atoms with Crippen molar-refractivity contribution in [2.75, 3.05) is 6.61 Å². The average molecular weight is 463 g/mol. The number of carbonyl (C=O) groups is 3. The maximum atomic E-state index is 12.2. The molecule has 5 heteroatoms. The van der Waals surface area contributed by atoms with E-state index in [9.17, 15) is 14.4 Å². The molecule has 0 radical (unpaired) electrons. The molecule has 0 saturated heterocycles. The molecule has 2 aromatic carbocycles. The first-order valence-electron chi connectivity index (χ1n) is 12.0. The van der Waals surface area contributed by atoms with Gasteiger partial charge in [0.05, 0.1) is 12.2 Å². The fraction of sp³-hybridized carbons (Fsp3) is 0.345. The molecule has 0 aliphatic rings. The molecule has 5 nitrogen and oxygen atoms in total. The summed E-state index contributed by atoms with van der Waals surface area (Å²) in [5, 5.41) is 8.92. The average Bonchev–Trinajstić information content (AvgIpc) is 2.85. The van der Waals surface area contributed by atoms with Crippen molar-refractivity contribution < 1.29 is 24.2 Å². The summed E-state index contributed by atoms with van der Waals surface area (Å²) in [7, 11) is 0. The van der Waals surface area contributed by atoms with Crippen LogP contribution in [-0.2, 0) is 9.53 Å². The van der Waals surface area contributed by atoms with Gasteiger partial charge in [-0.05, 0) is 41.8 Å². The van der Waals surface area contributed by atoms with Crippen LogP contribution in [0.3, 0.4) is 0 Å². The SMILES string of the molecule is CCCCCCCCCCOC(=O)C=Cc1ccc(/C=C/C(=O)c2ccc(C(=O)O)cc2)cc1. The van der Waals surface area contributed by atoms with Crippen LogP contribution in [0, 0.1) is 0 Å². The number of esters is 1. The van der Waals surface area contributed by atoms with Gasteiger partial charge in [0.15, 0.2) is 5.78 Å². The van der Waals surface area contributed by atoms with Crippen LogP contribution in [0.15, 0.2) is 60.7 Å². The molecule has 0 atom stereocenters. The highest BCUT2D eigenvalue weighted by Gasteiger charge is 2.05. The molecule has 0 fully saturated rings. The van der Waals surface area contributed by atoms with Crippen molar-refractivity contribution in [1.82, 2.24) is 0 Å². The lowest BCUT2D eigenvalue weighted by Gasteiger charge is -2.03. The highest BCUT2D eigenvalue weighted by molar-refractivity contribution is 6.07. The number of benzene rings is 2. The van der Waals surface area contributed by atoms with Gasteiger partial charge in [-0.2, -0.15) is 0 Å². The highest BCUT2D eigenvalue weighted by atomic mass is 16.5. The lowest BCUT2D eigenvalue weighted by Crippen LogP contribution is -2.02. The molecule has 0 aliphatic heterocycles. The third-order valence-corrected chi connectivity index (χ3v) is 5.43. The predicted octanol–water partition coefficient (Wildman–Crippen LogP) is 6.98. The van der Waals surface area contributed by atoms with Crippen LogP contribution in [0.25, 0.3) is 12.2 Å². The van der Waals surface area contributed by atoms with E-state index in [4.69, 9.17) is 9.84 Å². The Morgan fingerprint density at radius 2 is 1.21 bits per heavy atom. The molecule has 0 bridgehead atoms. The highest BCUT2D eigenvalue weighted by Crippen LogP contribution is 2.11. The molecule has 2 rings (SSSR count). The Kier molecular flexibility index (Phi) is 12.1. The molecule has 0 unspecified atom stereocenters. The number of carbonyl (C=O) groups excluding carboxylic acids is 2. The van der Waals surface area contributed by atoms with Crippen molar-refractivity contribution >= 4 is 29.9 Å². The third kappa shape index (κ3) is 10.4. The number of allylic oxidation sites excluding steroid dienone is 1. The Morgan fingerprint density at radius 3 is 1.76 bits per heavy atom. The molecule has 2 aromatic rings. The topological polar surface area (TPSA) is 80.7 Å². The van der Waals surface area contributed by atoms with Gasteiger partial charge in [-0.25, -0.2) is 9.59 Å². The van der Waals surface area contributed by atoms with Gasteiger partial charge in [0.1, 0.15) is 0 Å². The molecule has 0 heterocycles. The van der Waals surface area contributed by atoms with Crippen LogP contribution in [0.2, 0.25) is 0 Å². The summed E-state index contributed by atoms with van der Waals surface area (Å²) in [6.45, 7) is 2.67. The molecule has 0 saturated carbocycles. The lowest BCUT2D eigenvalue weighted by molar-refractivity contribution is -0.137. The van der Waals surface area contributed by atoms with Crippen molar-refractivity contribution in [2.45, 2.75) is 58.3 Å². The minimum atomic E-state index is -1.03. The first kappa shape index (κ1) is 26.8. The maximum absolute atomic E-state index is 12.2. The van der Waals surface area contributed by atoms with Crippen molar-refractivity contribution in [3.05, 3.63) is 82.9 Å². The zero-order valence-corrected chi connectivity index (χ0v) is 19.9. The van der Waals surface area contributed by atoms with Crippen LogP contribution >= 0.6 is 0 Å². The van der Waals surface area contributed by atoms with E-state index in [0.29, 0.717) is 12.2 Å². The zero-order valence-electron chi connectivity index (χ0n) is 19.9. The summed E-state index contributed by atoms with van der Waals surface area (Å²) < 4.78 is 5.25. The Morgan fingerprint density at radius 1 is 0.706 bits per heavy atom. The maximum Gasteiger partial charge on any atom is 0.335 e. The second kappa shape index (κ2) is 15.4. The quantitative estimate of drug-likeness (QED) is 0.134. The second-order valence-electron chi connectivity index (χ2n) is 8.22. The predicted molar refractivity (Wildman–Crippen MR) is 136 cm³/mol. The summed E-state index contributed by atoms with van der Waals surface area (Å²) in [4.78, 5) is 35.0. The van der Waals surface area contributed by atoms with Crippen molar-refractivity contribution in [1.29, 1.82) is 0 Å². The van der Waals surface area contributed by atoms with Gasteiger partial charge in [0, 0.05) is 11.6 Å². The molecule has 0 aliphatic carbocycles. The van der Waals surface area contributed by atoms with Gasteiger partial charge in [-0.15, -0.1) is 0 Å². The number of carboxylic acids is 1. The van der Waals surface area contributed by atoms with E-state index in [0.717, 1.165) is 24.0 Å². The van der Waals surface area contributed by atoms with Crippen LogP contribution in [0.5, 0.6) is 0 Å². The number of hydrogen-bond acceptors (Lipinski definition) is 4. The van der Waals surface area contributed by atoms with Crippen LogP contribution < -0.4 is 0 Å². The number of unbranched alkanes of at least 4 members (excludes halogenated alkanes) is 7. The number of rotatable bonds is 15. The Balaban J connectivity index is 1.70. The molecule has 180 valence electrons. The normalized spacial score (nSPS) is 11.2. The molecule has 0 spiro atoms. The molecule has 0 amide bonds. The smallest absolute Gasteiger partial charge is 0.335 e. The Bertz CT molecular complexity index is 969. The van der Waals surface area contributed by atoms with Gasteiger partial charge in [-0.1, -0.05) is 94.3 Å². The minimum Gasteiger partial charge on any atom is -0.478 e. The lowest BCUT2D eigenvalue weighted by atomic mass is 10.1.